The second kappa shape index (κ2) is 9.42. The Morgan fingerprint density at radius 1 is 1.25 bits per heavy atom. The second-order valence-electron chi connectivity index (χ2n) is 8.00. The molecule has 4 rings (SSSR count). The molecule has 166 valence electrons. The molecule has 2 aromatic carbocycles. The molecule has 3 aromatic rings. The van der Waals surface area contributed by atoms with E-state index in [-0.39, 0.29) is 17.9 Å². The van der Waals surface area contributed by atoms with Gasteiger partial charge in [-0.3, -0.25) is 9.59 Å². The molecular formula is C24H26N4O3S. The van der Waals surface area contributed by atoms with E-state index in [4.69, 9.17) is 4.74 Å². The van der Waals surface area contributed by atoms with E-state index in [9.17, 15) is 9.59 Å². The van der Waals surface area contributed by atoms with Crippen LogP contribution in [0.4, 0.5) is 11.4 Å². The number of benzene rings is 2. The minimum Gasteiger partial charge on any atom is -0.457 e. The summed E-state index contributed by atoms with van der Waals surface area (Å²) in [6.45, 7) is 3.34. The van der Waals surface area contributed by atoms with Gasteiger partial charge in [0.25, 0.3) is 5.91 Å². The zero-order valence-electron chi connectivity index (χ0n) is 18.3. The fourth-order valence-corrected chi connectivity index (χ4v) is 4.46. The first-order valence-corrected chi connectivity index (χ1v) is 11.2. The van der Waals surface area contributed by atoms with E-state index in [1.54, 1.807) is 6.07 Å². The standard InChI is InChI=1S/C24H26N4O3S/c1-15-14-25-22-19-13-18(9-10-20(19)32-23(22)24(30)26-15)31-17-7-4-6-16(12-17)27-21(29)8-5-11-28(2)3/h4-10,12-13,15,25H,11,14H2,1-3H3,(H,26,30)(H,27,29)/t15-/m1/s1. The Hall–Kier alpha value is -3.36. The molecule has 2 amide bonds. The SMILES string of the molecule is C[C@@H]1CNc2c(sc3ccc(Oc4cccc(NC(=O)C=CCN(C)C)c4)cc23)C(=O)N1. The molecule has 3 N–H and O–H groups in total. The average Bonchev–Trinajstić information content (AvgIpc) is 3.03. The van der Waals surface area contributed by atoms with Gasteiger partial charge >= 0.3 is 0 Å². The summed E-state index contributed by atoms with van der Waals surface area (Å²) in [5.74, 6) is 1.03. The van der Waals surface area contributed by atoms with E-state index in [2.05, 4.69) is 16.0 Å². The van der Waals surface area contributed by atoms with Crippen LogP contribution in [0.5, 0.6) is 11.5 Å². The number of hydrogen-bond donors (Lipinski definition) is 3. The molecule has 0 bridgehead atoms. The highest BCUT2D eigenvalue weighted by molar-refractivity contribution is 7.21. The number of fused-ring (bicyclic) bond motifs is 3. The molecule has 0 radical (unpaired) electrons. The van der Waals surface area contributed by atoms with Crippen molar-refractivity contribution in [1.29, 1.82) is 0 Å². The monoisotopic (exact) mass is 450 g/mol. The molecule has 8 heteroatoms. The number of thiophene rings is 1. The Balaban J connectivity index is 1.51. The maximum absolute atomic E-state index is 12.5. The third-order valence-electron chi connectivity index (χ3n) is 4.91. The van der Waals surface area contributed by atoms with Crippen LogP contribution in [0.25, 0.3) is 10.1 Å². The van der Waals surface area contributed by atoms with Gasteiger partial charge in [0.2, 0.25) is 5.91 Å². The number of nitrogens with one attached hydrogen (secondary N) is 3. The number of carbonyl (C=O) groups is 2. The van der Waals surface area contributed by atoms with E-state index >= 15 is 0 Å². The molecule has 0 saturated carbocycles. The van der Waals surface area contributed by atoms with Gasteiger partial charge in [-0.2, -0.15) is 0 Å². The molecular weight excluding hydrogens is 424 g/mol. The van der Waals surface area contributed by atoms with Crippen molar-refractivity contribution in [3.63, 3.8) is 0 Å². The fourth-order valence-electron chi connectivity index (χ4n) is 3.40. The Bertz CT molecular complexity index is 1190. The molecule has 0 spiro atoms. The predicted octanol–water partition coefficient (Wildman–Crippen LogP) is 4.29. The number of carbonyl (C=O) groups excluding carboxylic acids is 2. The number of hydrogen-bond acceptors (Lipinski definition) is 6. The Kier molecular flexibility index (Phi) is 6.43. The van der Waals surface area contributed by atoms with Crippen molar-refractivity contribution >= 4 is 44.6 Å². The Morgan fingerprint density at radius 3 is 2.88 bits per heavy atom. The van der Waals surface area contributed by atoms with Gasteiger partial charge in [-0.15, -0.1) is 11.3 Å². The zero-order valence-corrected chi connectivity index (χ0v) is 19.1. The van der Waals surface area contributed by atoms with Gasteiger partial charge in [-0.25, -0.2) is 0 Å². The highest BCUT2D eigenvalue weighted by Crippen LogP contribution is 2.39. The van der Waals surface area contributed by atoms with E-state index in [1.165, 1.54) is 17.4 Å². The number of likely N-dealkylation sites (N-methyl/N-ethyl adjacent to an activating group) is 1. The third kappa shape index (κ3) is 5.09. The molecule has 1 aromatic heterocycles. The van der Waals surface area contributed by atoms with Crippen LogP contribution in [0.15, 0.2) is 54.6 Å². The van der Waals surface area contributed by atoms with Crippen LogP contribution in [0.3, 0.4) is 0 Å². The molecule has 1 aliphatic rings. The first kappa shape index (κ1) is 21.9. The van der Waals surface area contributed by atoms with E-state index in [0.717, 1.165) is 15.8 Å². The lowest BCUT2D eigenvalue weighted by Crippen LogP contribution is -2.34. The largest absolute Gasteiger partial charge is 0.457 e. The smallest absolute Gasteiger partial charge is 0.263 e. The molecule has 0 aliphatic carbocycles. The lowest BCUT2D eigenvalue weighted by atomic mass is 10.2. The summed E-state index contributed by atoms with van der Waals surface area (Å²) >= 11 is 1.47. The van der Waals surface area contributed by atoms with Crippen molar-refractivity contribution in [3.05, 3.63) is 59.5 Å². The second-order valence-corrected chi connectivity index (χ2v) is 9.06. The normalized spacial score (nSPS) is 15.9. The Morgan fingerprint density at radius 2 is 2.06 bits per heavy atom. The van der Waals surface area contributed by atoms with Crippen molar-refractivity contribution in [3.8, 4) is 11.5 Å². The van der Waals surface area contributed by atoms with Crippen molar-refractivity contribution in [1.82, 2.24) is 10.2 Å². The predicted molar refractivity (Wildman–Crippen MR) is 130 cm³/mol. The van der Waals surface area contributed by atoms with Crippen molar-refractivity contribution < 1.29 is 14.3 Å². The van der Waals surface area contributed by atoms with E-state index in [0.29, 0.717) is 35.2 Å². The van der Waals surface area contributed by atoms with E-state index in [1.807, 2.05) is 68.4 Å². The number of nitrogens with zero attached hydrogens (tertiary/aromatic N) is 1. The summed E-state index contributed by atoms with van der Waals surface area (Å²) in [5.41, 5.74) is 1.50. The van der Waals surface area contributed by atoms with Crippen LogP contribution < -0.4 is 20.7 Å². The van der Waals surface area contributed by atoms with Crippen molar-refractivity contribution in [2.24, 2.45) is 0 Å². The van der Waals surface area contributed by atoms with Crippen LogP contribution in [0.2, 0.25) is 0 Å². The minimum atomic E-state index is -0.190. The van der Waals surface area contributed by atoms with Gasteiger partial charge in [0.05, 0.1) is 5.69 Å². The molecule has 2 heterocycles. The van der Waals surface area contributed by atoms with Gasteiger partial charge in [0.15, 0.2) is 0 Å². The summed E-state index contributed by atoms with van der Waals surface area (Å²) in [6.07, 6.45) is 3.33. The van der Waals surface area contributed by atoms with Crippen LogP contribution in [0, 0.1) is 0 Å². The number of amides is 2. The van der Waals surface area contributed by atoms with Crippen molar-refractivity contribution in [2.45, 2.75) is 13.0 Å². The lowest BCUT2D eigenvalue weighted by Gasteiger charge is -2.10. The molecule has 0 unspecified atom stereocenters. The Labute approximate surface area is 191 Å². The third-order valence-corrected chi connectivity index (χ3v) is 6.07. The number of rotatable bonds is 6. The minimum absolute atomic E-state index is 0.0516. The van der Waals surface area contributed by atoms with Gasteiger partial charge < -0.3 is 25.6 Å². The molecule has 0 fully saturated rings. The maximum atomic E-state index is 12.5. The van der Waals surface area contributed by atoms with Gasteiger partial charge in [-0.05, 0) is 51.4 Å². The van der Waals surface area contributed by atoms with Gasteiger partial charge in [-0.1, -0.05) is 12.1 Å². The zero-order chi connectivity index (χ0) is 22.7. The number of anilines is 2. The summed E-state index contributed by atoms with van der Waals surface area (Å²) in [4.78, 5) is 27.2. The molecule has 0 saturated heterocycles. The topological polar surface area (TPSA) is 82.7 Å². The van der Waals surface area contributed by atoms with E-state index < -0.39 is 0 Å². The molecule has 32 heavy (non-hydrogen) atoms. The van der Waals surface area contributed by atoms with Crippen LogP contribution in [0.1, 0.15) is 16.6 Å². The summed E-state index contributed by atoms with van der Waals surface area (Å²) in [6, 6.07) is 13.1. The fraction of sp³-hybridized carbons (Fsp3) is 0.250. The quantitative estimate of drug-likeness (QED) is 0.488. The summed E-state index contributed by atoms with van der Waals surface area (Å²) in [5, 5.41) is 10.2. The first-order chi connectivity index (χ1) is 15.4. The van der Waals surface area contributed by atoms with Gasteiger partial charge in [0, 0.05) is 47.0 Å². The highest BCUT2D eigenvalue weighted by Gasteiger charge is 2.23. The lowest BCUT2D eigenvalue weighted by molar-refractivity contribution is -0.111. The van der Waals surface area contributed by atoms with Crippen LogP contribution >= 0.6 is 11.3 Å². The van der Waals surface area contributed by atoms with Crippen LogP contribution in [-0.4, -0.2) is 49.9 Å². The molecule has 1 atom stereocenters. The number of ether oxygens (including phenoxy) is 1. The molecule has 7 nitrogen and oxygen atoms in total. The molecule has 1 aliphatic heterocycles. The first-order valence-electron chi connectivity index (χ1n) is 10.4. The summed E-state index contributed by atoms with van der Waals surface area (Å²) in [7, 11) is 3.89. The highest BCUT2D eigenvalue weighted by atomic mass is 32.1. The van der Waals surface area contributed by atoms with Crippen molar-refractivity contribution in [2.75, 3.05) is 37.8 Å². The maximum Gasteiger partial charge on any atom is 0.263 e. The van der Waals surface area contributed by atoms with Gasteiger partial charge in [0.1, 0.15) is 16.4 Å². The summed E-state index contributed by atoms with van der Waals surface area (Å²) < 4.78 is 7.08. The van der Waals surface area contributed by atoms with Crippen LogP contribution in [-0.2, 0) is 4.79 Å². The average molecular weight is 451 g/mol.